The SMILES string of the molecule is [2H]c1cccc(-c2c([2H])c([2H])c([2H])c3c4cc([2H])c([2H])c([2H])c4n(-c4cc5c(oc6c([2H])c(-c7nc(-c8ccccc8)nc(-c8ccc9c(c8)sc8c(-c%10ccccc%10)cccc89)n7)c([2H])cc65)c([2H])c4[2H])c23)c1[2H]. The number of furan rings is 1. The molecule has 5 nitrogen and oxygen atoms in total. The summed E-state index contributed by atoms with van der Waals surface area (Å²) in [5.41, 5.74) is 3.39. The van der Waals surface area contributed by atoms with Gasteiger partial charge in [0.05, 0.1) is 27.5 Å². The summed E-state index contributed by atoms with van der Waals surface area (Å²) < 4.78 is 119. The van der Waals surface area contributed by atoms with Crippen molar-refractivity contribution >= 4 is 75.3 Å². The second-order valence-electron chi connectivity index (χ2n) is 15.0. The number of fused-ring (bicyclic) bond motifs is 9. The number of hydrogen-bond donors (Lipinski definition) is 0. The Morgan fingerprint density at radius 2 is 1.24 bits per heavy atom. The standard InChI is InChI=1S/C57H34N4OS/c1-4-14-35(15-5-1)41-21-12-23-46-43-20-10-11-25-49(43)61(53(41)46)40-28-31-50-48(34-40)44-29-26-38(32-51(44)62-50)56-58-55(37-18-8-3-9-19-37)59-57(60-56)39-27-30-45-47-24-13-22-42(36-16-6-2-7-17-36)54(47)63-52(45)33-39/h1-34H/i4D,10D,11D,12D,14D,21D,23D,25D,26D,28D,31D,32D. The first-order valence-electron chi connectivity index (χ1n) is 26.1. The molecule has 0 fully saturated rings. The fraction of sp³-hybridized carbons (Fsp3) is 0. The number of benzene rings is 9. The first-order chi connectivity index (χ1) is 36.2. The fourth-order valence-corrected chi connectivity index (χ4v) is 9.72. The van der Waals surface area contributed by atoms with E-state index in [1.807, 2.05) is 60.7 Å². The van der Waals surface area contributed by atoms with Crippen LogP contribution in [0.3, 0.4) is 0 Å². The van der Waals surface area contributed by atoms with E-state index in [9.17, 15) is 8.22 Å². The van der Waals surface area contributed by atoms with E-state index >= 15 is 0 Å². The van der Waals surface area contributed by atoms with E-state index in [4.69, 9.17) is 27.6 Å². The maximum absolute atomic E-state index is 9.71. The highest BCUT2D eigenvalue weighted by Gasteiger charge is 2.20. The molecule has 0 unspecified atom stereocenters. The third-order valence-corrected chi connectivity index (χ3v) is 12.6. The lowest BCUT2D eigenvalue weighted by Crippen LogP contribution is -2.00. The molecule has 0 aliphatic rings. The highest BCUT2D eigenvalue weighted by molar-refractivity contribution is 7.26. The van der Waals surface area contributed by atoms with Crippen molar-refractivity contribution in [3.63, 3.8) is 0 Å². The average molecular weight is 835 g/mol. The molecule has 4 aromatic heterocycles. The van der Waals surface area contributed by atoms with Crippen LogP contribution >= 0.6 is 11.3 Å². The van der Waals surface area contributed by atoms with Crippen molar-refractivity contribution < 1.29 is 20.9 Å². The lowest BCUT2D eigenvalue weighted by Gasteiger charge is -2.12. The van der Waals surface area contributed by atoms with Crippen LogP contribution in [-0.4, -0.2) is 19.5 Å². The molecule has 0 aliphatic carbocycles. The van der Waals surface area contributed by atoms with Gasteiger partial charge in [0, 0.05) is 69.7 Å². The van der Waals surface area contributed by atoms with Crippen LogP contribution in [-0.2, 0) is 0 Å². The summed E-state index contributed by atoms with van der Waals surface area (Å²) in [5, 5.41) is 2.75. The molecule has 13 aromatic rings. The average Bonchev–Trinajstić information content (AvgIpc) is 4.10. The first-order valence-corrected chi connectivity index (χ1v) is 20.9. The van der Waals surface area contributed by atoms with Crippen molar-refractivity contribution in [2.45, 2.75) is 0 Å². The summed E-state index contributed by atoms with van der Waals surface area (Å²) in [6.45, 7) is 0. The summed E-state index contributed by atoms with van der Waals surface area (Å²) >= 11 is 1.67. The number of rotatable bonds is 6. The topological polar surface area (TPSA) is 56.7 Å². The molecule has 6 heteroatoms. The van der Waals surface area contributed by atoms with Gasteiger partial charge in [-0.05, 0) is 59.1 Å². The normalized spacial score (nSPS) is 14.5. The van der Waals surface area contributed by atoms with Crippen molar-refractivity contribution in [1.82, 2.24) is 19.5 Å². The van der Waals surface area contributed by atoms with Crippen LogP contribution in [0.2, 0.25) is 0 Å². The molecular weight excluding hydrogens is 789 g/mol. The summed E-state index contributed by atoms with van der Waals surface area (Å²) in [6, 6.07) is 36.1. The second kappa shape index (κ2) is 14.2. The highest BCUT2D eigenvalue weighted by atomic mass is 32.1. The molecule has 0 saturated carbocycles. The van der Waals surface area contributed by atoms with Crippen LogP contribution in [0.15, 0.2) is 210 Å². The second-order valence-corrected chi connectivity index (χ2v) is 16.1. The van der Waals surface area contributed by atoms with Gasteiger partial charge in [-0.15, -0.1) is 11.3 Å². The van der Waals surface area contributed by atoms with Gasteiger partial charge in [-0.1, -0.05) is 164 Å². The van der Waals surface area contributed by atoms with Gasteiger partial charge in [-0.3, -0.25) is 0 Å². The number of thiophene rings is 1. The number of hydrogen-bond acceptors (Lipinski definition) is 5. The Bertz CT molecular complexity index is 4630. The van der Waals surface area contributed by atoms with Crippen LogP contribution in [0, 0.1) is 0 Å². The van der Waals surface area contributed by atoms with Gasteiger partial charge >= 0.3 is 0 Å². The monoisotopic (exact) mass is 834 g/mol. The van der Waals surface area contributed by atoms with Crippen LogP contribution < -0.4 is 0 Å². The van der Waals surface area contributed by atoms with E-state index in [-0.39, 0.29) is 102 Å². The van der Waals surface area contributed by atoms with Crippen LogP contribution in [0.5, 0.6) is 0 Å². The maximum atomic E-state index is 9.71. The van der Waals surface area contributed by atoms with Gasteiger partial charge < -0.3 is 8.98 Å². The molecule has 63 heavy (non-hydrogen) atoms. The van der Waals surface area contributed by atoms with E-state index in [0.717, 1.165) is 31.3 Å². The molecule has 294 valence electrons. The molecule has 0 aliphatic heterocycles. The maximum Gasteiger partial charge on any atom is 0.164 e. The van der Waals surface area contributed by atoms with Crippen molar-refractivity contribution in [2.24, 2.45) is 0 Å². The largest absolute Gasteiger partial charge is 0.456 e. The molecule has 4 heterocycles. The van der Waals surface area contributed by atoms with E-state index in [2.05, 4.69) is 36.4 Å². The Hall–Kier alpha value is -8.19. The summed E-state index contributed by atoms with van der Waals surface area (Å²) in [7, 11) is 0. The predicted octanol–water partition coefficient (Wildman–Crippen LogP) is 15.6. The van der Waals surface area contributed by atoms with Gasteiger partial charge in [-0.2, -0.15) is 0 Å². The van der Waals surface area contributed by atoms with Crippen molar-refractivity contribution in [3.05, 3.63) is 206 Å². The van der Waals surface area contributed by atoms with E-state index < -0.39 is 42.3 Å². The fourth-order valence-electron chi connectivity index (χ4n) is 8.44. The molecule has 0 N–H and O–H groups in total. The number of para-hydroxylation sites is 2. The Balaban J connectivity index is 1.03. The molecule has 0 radical (unpaired) electrons. The third-order valence-electron chi connectivity index (χ3n) is 11.4. The Morgan fingerprint density at radius 1 is 0.444 bits per heavy atom. The smallest absolute Gasteiger partial charge is 0.164 e. The van der Waals surface area contributed by atoms with Crippen LogP contribution in [0.25, 0.3) is 126 Å². The molecule has 13 rings (SSSR count). The Kier molecular flexibility index (Phi) is 5.76. The van der Waals surface area contributed by atoms with Crippen molar-refractivity contribution in [3.8, 4) is 62.1 Å². The molecular formula is C57H34N4OS. The molecule has 0 bridgehead atoms. The number of nitrogens with zero attached hydrogens (tertiary/aromatic N) is 4. The highest BCUT2D eigenvalue weighted by Crippen LogP contribution is 2.43. The minimum Gasteiger partial charge on any atom is -0.456 e. The summed E-state index contributed by atoms with van der Waals surface area (Å²) in [4.78, 5) is 14.8. The minimum absolute atomic E-state index is 0.00148. The van der Waals surface area contributed by atoms with Crippen molar-refractivity contribution in [1.29, 1.82) is 0 Å². The zero-order valence-corrected chi connectivity index (χ0v) is 33.6. The first kappa shape index (κ1) is 25.6. The number of aromatic nitrogens is 4. The third kappa shape index (κ3) is 5.80. The molecule has 0 amide bonds. The van der Waals surface area contributed by atoms with Gasteiger partial charge in [0.25, 0.3) is 0 Å². The van der Waals surface area contributed by atoms with Gasteiger partial charge in [-0.25, -0.2) is 15.0 Å². The minimum atomic E-state index is -0.513. The zero-order valence-electron chi connectivity index (χ0n) is 44.8. The summed E-state index contributed by atoms with van der Waals surface area (Å²) in [6.07, 6.45) is 0. The molecule has 9 aromatic carbocycles. The lowest BCUT2D eigenvalue weighted by molar-refractivity contribution is 0.669. The van der Waals surface area contributed by atoms with Crippen LogP contribution in [0.1, 0.15) is 16.4 Å². The quantitative estimate of drug-likeness (QED) is 0.167. The van der Waals surface area contributed by atoms with E-state index in [1.54, 1.807) is 11.3 Å². The zero-order chi connectivity index (χ0) is 51.9. The molecule has 0 saturated heterocycles. The van der Waals surface area contributed by atoms with Gasteiger partial charge in [0.15, 0.2) is 17.5 Å². The lowest BCUT2D eigenvalue weighted by atomic mass is 10.0. The summed E-state index contributed by atoms with van der Waals surface area (Å²) in [5.74, 6) is 0.651. The Labute approximate surface area is 382 Å². The van der Waals surface area contributed by atoms with E-state index in [0.29, 0.717) is 22.8 Å². The predicted molar refractivity (Wildman–Crippen MR) is 262 cm³/mol. The van der Waals surface area contributed by atoms with Crippen molar-refractivity contribution in [2.75, 3.05) is 0 Å². The van der Waals surface area contributed by atoms with Crippen LogP contribution in [0.4, 0.5) is 0 Å². The van der Waals surface area contributed by atoms with Gasteiger partial charge in [0.1, 0.15) is 11.2 Å². The molecule has 0 atom stereocenters. The van der Waals surface area contributed by atoms with E-state index in [1.165, 1.54) is 41.0 Å². The molecule has 0 spiro atoms. The van der Waals surface area contributed by atoms with Gasteiger partial charge in [0.2, 0.25) is 0 Å². The Morgan fingerprint density at radius 3 is 2.11 bits per heavy atom.